The SMILES string of the molecule is C[C@H]1CN(S(=O)(=O)c2cccc(C(=O)Nc3ccccc3Cl)c2)C[C@H](C)O1. The van der Waals surface area contributed by atoms with Crippen molar-refractivity contribution >= 4 is 33.2 Å². The number of sulfonamides is 1. The molecule has 144 valence electrons. The fourth-order valence-corrected chi connectivity index (χ4v) is 4.85. The summed E-state index contributed by atoms with van der Waals surface area (Å²) in [4.78, 5) is 12.6. The van der Waals surface area contributed by atoms with Crippen molar-refractivity contribution in [3.63, 3.8) is 0 Å². The average Bonchev–Trinajstić information content (AvgIpc) is 2.63. The molecule has 0 spiro atoms. The van der Waals surface area contributed by atoms with Gasteiger partial charge in [-0.25, -0.2) is 8.42 Å². The Hall–Kier alpha value is -1.93. The van der Waals surface area contributed by atoms with E-state index in [2.05, 4.69) is 5.32 Å². The standard InChI is InChI=1S/C19H21ClN2O4S/c1-13-11-22(12-14(2)26-13)27(24,25)16-7-5-6-15(10-16)19(23)21-18-9-4-3-8-17(18)20/h3-10,13-14H,11-12H2,1-2H3,(H,21,23)/t13-,14-/m0/s1. The van der Waals surface area contributed by atoms with Crippen LogP contribution in [0.25, 0.3) is 0 Å². The third-order valence-corrected chi connectivity index (χ3v) is 6.40. The molecule has 0 saturated carbocycles. The van der Waals surface area contributed by atoms with Crippen LogP contribution < -0.4 is 5.32 Å². The summed E-state index contributed by atoms with van der Waals surface area (Å²) in [5.41, 5.74) is 0.707. The van der Waals surface area contributed by atoms with E-state index in [1.165, 1.54) is 16.4 Å². The van der Waals surface area contributed by atoms with Gasteiger partial charge in [0.1, 0.15) is 0 Å². The number of para-hydroxylation sites is 1. The van der Waals surface area contributed by atoms with Gasteiger partial charge in [-0.3, -0.25) is 4.79 Å². The zero-order chi connectivity index (χ0) is 19.6. The quantitative estimate of drug-likeness (QED) is 0.841. The van der Waals surface area contributed by atoms with E-state index in [-0.39, 0.29) is 35.8 Å². The van der Waals surface area contributed by atoms with Crippen LogP contribution >= 0.6 is 11.6 Å². The van der Waals surface area contributed by atoms with E-state index in [0.717, 1.165) is 0 Å². The minimum Gasteiger partial charge on any atom is -0.373 e. The first-order valence-corrected chi connectivity index (χ1v) is 10.4. The summed E-state index contributed by atoms with van der Waals surface area (Å²) in [6.07, 6.45) is -0.370. The van der Waals surface area contributed by atoms with Crippen LogP contribution in [0.15, 0.2) is 53.4 Å². The molecule has 0 aliphatic carbocycles. The summed E-state index contributed by atoms with van der Waals surface area (Å²) < 4.78 is 33.0. The molecule has 2 aromatic rings. The molecule has 3 rings (SSSR count). The first-order chi connectivity index (χ1) is 12.8. The molecule has 6 nitrogen and oxygen atoms in total. The molecule has 1 heterocycles. The molecule has 1 N–H and O–H groups in total. The van der Waals surface area contributed by atoms with Gasteiger partial charge in [0.05, 0.1) is 27.8 Å². The molecule has 8 heteroatoms. The molecule has 0 aromatic heterocycles. The number of rotatable bonds is 4. The summed E-state index contributed by atoms with van der Waals surface area (Å²) in [5, 5.41) is 3.11. The van der Waals surface area contributed by atoms with Crippen molar-refractivity contribution in [1.29, 1.82) is 0 Å². The zero-order valence-corrected chi connectivity index (χ0v) is 16.6. The van der Waals surface area contributed by atoms with Gasteiger partial charge in [-0.1, -0.05) is 29.8 Å². The van der Waals surface area contributed by atoms with Crippen LogP contribution in [0.3, 0.4) is 0 Å². The van der Waals surface area contributed by atoms with Crippen LogP contribution in [-0.2, 0) is 14.8 Å². The summed E-state index contributed by atoms with van der Waals surface area (Å²) in [7, 11) is -3.72. The van der Waals surface area contributed by atoms with Crippen LogP contribution in [-0.4, -0.2) is 43.9 Å². The predicted octanol–water partition coefficient (Wildman–Crippen LogP) is 3.39. The van der Waals surface area contributed by atoms with E-state index in [1.807, 2.05) is 13.8 Å². The Balaban J connectivity index is 1.84. The fraction of sp³-hybridized carbons (Fsp3) is 0.316. The highest BCUT2D eigenvalue weighted by Gasteiger charge is 2.32. The number of morpholine rings is 1. The average molecular weight is 409 g/mol. The number of carbonyl (C=O) groups is 1. The van der Waals surface area contributed by atoms with Gasteiger partial charge >= 0.3 is 0 Å². The summed E-state index contributed by atoms with van der Waals surface area (Å²) >= 11 is 6.06. The van der Waals surface area contributed by atoms with Gasteiger partial charge in [0, 0.05) is 18.7 Å². The predicted molar refractivity (Wildman–Crippen MR) is 105 cm³/mol. The molecule has 0 bridgehead atoms. The van der Waals surface area contributed by atoms with Crippen molar-refractivity contribution in [3.8, 4) is 0 Å². The van der Waals surface area contributed by atoms with Crippen molar-refractivity contribution in [2.24, 2.45) is 0 Å². The molecule has 0 unspecified atom stereocenters. The smallest absolute Gasteiger partial charge is 0.255 e. The highest BCUT2D eigenvalue weighted by Crippen LogP contribution is 2.24. The maximum Gasteiger partial charge on any atom is 0.255 e. The van der Waals surface area contributed by atoms with Gasteiger partial charge in [0.15, 0.2) is 0 Å². The molecule has 1 aliphatic heterocycles. The zero-order valence-electron chi connectivity index (χ0n) is 15.1. The highest BCUT2D eigenvalue weighted by molar-refractivity contribution is 7.89. The van der Waals surface area contributed by atoms with Crippen molar-refractivity contribution in [1.82, 2.24) is 4.31 Å². The molecule has 2 aromatic carbocycles. The monoisotopic (exact) mass is 408 g/mol. The second-order valence-electron chi connectivity index (χ2n) is 6.54. The minimum atomic E-state index is -3.72. The van der Waals surface area contributed by atoms with E-state index in [0.29, 0.717) is 10.7 Å². The van der Waals surface area contributed by atoms with Crippen molar-refractivity contribution in [2.45, 2.75) is 31.0 Å². The topological polar surface area (TPSA) is 75.7 Å². The Morgan fingerprint density at radius 3 is 2.44 bits per heavy atom. The van der Waals surface area contributed by atoms with Crippen molar-refractivity contribution < 1.29 is 17.9 Å². The molecule has 1 saturated heterocycles. The van der Waals surface area contributed by atoms with Gasteiger partial charge in [0.2, 0.25) is 10.0 Å². The van der Waals surface area contributed by atoms with Crippen LogP contribution in [0, 0.1) is 0 Å². The third kappa shape index (κ3) is 4.50. The Bertz CT molecular complexity index is 938. The fourth-order valence-electron chi connectivity index (χ4n) is 3.03. The lowest BCUT2D eigenvalue weighted by Crippen LogP contribution is -2.48. The molecule has 1 amide bonds. The number of benzene rings is 2. The van der Waals surface area contributed by atoms with Gasteiger partial charge < -0.3 is 10.1 Å². The summed E-state index contributed by atoms with van der Waals surface area (Å²) in [6.45, 7) is 4.24. The minimum absolute atomic E-state index is 0.0793. The van der Waals surface area contributed by atoms with Crippen LogP contribution in [0.2, 0.25) is 5.02 Å². The van der Waals surface area contributed by atoms with E-state index < -0.39 is 15.9 Å². The van der Waals surface area contributed by atoms with Gasteiger partial charge in [-0.15, -0.1) is 0 Å². The number of hydrogen-bond donors (Lipinski definition) is 1. The molecule has 1 fully saturated rings. The second kappa shape index (κ2) is 7.98. The lowest BCUT2D eigenvalue weighted by atomic mass is 10.2. The lowest BCUT2D eigenvalue weighted by Gasteiger charge is -2.34. The van der Waals surface area contributed by atoms with Crippen LogP contribution in [0.1, 0.15) is 24.2 Å². The third-order valence-electron chi connectivity index (χ3n) is 4.24. The number of carbonyl (C=O) groups excluding carboxylic acids is 1. The molecular formula is C19H21ClN2O4S. The number of hydrogen-bond acceptors (Lipinski definition) is 4. The van der Waals surface area contributed by atoms with E-state index in [1.54, 1.807) is 36.4 Å². The largest absolute Gasteiger partial charge is 0.373 e. The summed E-state index contributed by atoms with van der Waals surface area (Å²) in [5.74, 6) is -0.427. The van der Waals surface area contributed by atoms with Gasteiger partial charge in [-0.2, -0.15) is 4.31 Å². The molecule has 2 atom stereocenters. The van der Waals surface area contributed by atoms with E-state index in [9.17, 15) is 13.2 Å². The number of halogens is 1. The number of nitrogens with one attached hydrogen (secondary N) is 1. The summed E-state index contributed by atoms with van der Waals surface area (Å²) in [6, 6.07) is 12.9. The lowest BCUT2D eigenvalue weighted by molar-refractivity contribution is -0.0440. The maximum absolute atomic E-state index is 13.0. The first kappa shape index (κ1) is 19.8. The van der Waals surface area contributed by atoms with Crippen molar-refractivity contribution in [3.05, 3.63) is 59.1 Å². The molecule has 27 heavy (non-hydrogen) atoms. The van der Waals surface area contributed by atoms with Gasteiger partial charge in [-0.05, 0) is 44.2 Å². The van der Waals surface area contributed by atoms with Crippen molar-refractivity contribution in [2.75, 3.05) is 18.4 Å². The Morgan fingerprint density at radius 1 is 1.11 bits per heavy atom. The molecule has 0 radical (unpaired) electrons. The second-order valence-corrected chi connectivity index (χ2v) is 8.89. The molecular weight excluding hydrogens is 388 g/mol. The maximum atomic E-state index is 13.0. The number of anilines is 1. The van der Waals surface area contributed by atoms with Crippen LogP contribution in [0.4, 0.5) is 5.69 Å². The normalized spacial score (nSPS) is 21.0. The highest BCUT2D eigenvalue weighted by atomic mass is 35.5. The van der Waals surface area contributed by atoms with Gasteiger partial charge in [0.25, 0.3) is 5.91 Å². The Kier molecular flexibility index (Phi) is 5.86. The molecule has 1 aliphatic rings. The van der Waals surface area contributed by atoms with Crippen LogP contribution in [0.5, 0.6) is 0 Å². The Morgan fingerprint density at radius 2 is 1.78 bits per heavy atom. The number of nitrogens with zero attached hydrogens (tertiary/aromatic N) is 1. The van der Waals surface area contributed by atoms with E-state index in [4.69, 9.17) is 16.3 Å². The Labute approximate surface area is 164 Å². The number of amides is 1. The number of ether oxygens (including phenoxy) is 1. The first-order valence-electron chi connectivity index (χ1n) is 8.59. The van der Waals surface area contributed by atoms with E-state index >= 15 is 0 Å².